The molecular formula is C16H20BrNS2. The molecule has 0 saturated heterocycles. The molecule has 0 amide bonds. The predicted octanol–water partition coefficient (Wildman–Crippen LogP) is 5.52. The zero-order valence-electron chi connectivity index (χ0n) is 11.9. The van der Waals surface area contributed by atoms with Gasteiger partial charge in [0.2, 0.25) is 0 Å². The van der Waals surface area contributed by atoms with Crippen LogP contribution in [0.25, 0.3) is 0 Å². The summed E-state index contributed by atoms with van der Waals surface area (Å²) in [5.41, 5.74) is 1.41. The van der Waals surface area contributed by atoms with Crippen LogP contribution in [0.1, 0.15) is 29.8 Å². The summed E-state index contributed by atoms with van der Waals surface area (Å²) in [5, 5.41) is 3.70. The molecule has 4 heteroatoms. The second kappa shape index (κ2) is 8.23. The average molecular weight is 370 g/mol. The van der Waals surface area contributed by atoms with Crippen LogP contribution >= 0.6 is 39.0 Å². The van der Waals surface area contributed by atoms with Crippen LogP contribution in [-0.4, -0.2) is 12.8 Å². The summed E-state index contributed by atoms with van der Waals surface area (Å²) in [6.45, 7) is 3.27. The minimum absolute atomic E-state index is 0.393. The first-order valence-corrected chi connectivity index (χ1v) is 9.68. The SMILES string of the molecule is CCCNC(Cc1ccc(Br)s1)c1ccccc1SC. The van der Waals surface area contributed by atoms with Crippen molar-refractivity contribution in [1.82, 2.24) is 5.32 Å². The molecule has 0 fully saturated rings. The maximum atomic E-state index is 3.70. The summed E-state index contributed by atoms with van der Waals surface area (Å²) in [6.07, 6.45) is 4.36. The first-order chi connectivity index (χ1) is 9.74. The molecule has 1 atom stereocenters. The van der Waals surface area contributed by atoms with Crippen molar-refractivity contribution in [1.29, 1.82) is 0 Å². The Balaban J connectivity index is 2.22. The zero-order chi connectivity index (χ0) is 14.4. The molecule has 0 aliphatic rings. The van der Waals surface area contributed by atoms with E-state index in [9.17, 15) is 0 Å². The Bertz CT molecular complexity index is 539. The number of rotatable bonds is 7. The number of benzene rings is 1. The smallest absolute Gasteiger partial charge is 0.0701 e. The van der Waals surface area contributed by atoms with E-state index in [0.717, 1.165) is 19.4 Å². The number of hydrogen-bond donors (Lipinski definition) is 1. The van der Waals surface area contributed by atoms with Gasteiger partial charge in [0.1, 0.15) is 0 Å². The number of halogens is 1. The molecule has 0 saturated carbocycles. The lowest BCUT2D eigenvalue weighted by Gasteiger charge is -2.20. The van der Waals surface area contributed by atoms with E-state index >= 15 is 0 Å². The molecule has 1 unspecified atom stereocenters. The molecule has 2 aromatic rings. The molecule has 1 N–H and O–H groups in total. The number of hydrogen-bond acceptors (Lipinski definition) is 3. The van der Waals surface area contributed by atoms with Gasteiger partial charge in [0.15, 0.2) is 0 Å². The van der Waals surface area contributed by atoms with Gasteiger partial charge in [-0.25, -0.2) is 0 Å². The summed E-state index contributed by atoms with van der Waals surface area (Å²) in [4.78, 5) is 2.79. The van der Waals surface area contributed by atoms with Gasteiger partial charge in [0.05, 0.1) is 3.79 Å². The van der Waals surface area contributed by atoms with Crippen molar-refractivity contribution in [3.63, 3.8) is 0 Å². The molecule has 20 heavy (non-hydrogen) atoms. The Morgan fingerprint density at radius 2 is 2.05 bits per heavy atom. The molecule has 1 aromatic heterocycles. The maximum Gasteiger partial charge on any atom is 0.0701 e. The summed E-state index contributed by atoms with van der Waals surface area (Å²) in [5.74, 6) is 0. The first-order valence-electron chi connectivity index (χ1n) is 6.85. The fraction of sp³-hybridized carbons (Fsp3) is 0.375. The van der Waals surface area contributed by atoms with Crippen molar-refractivity contribution < 1.29 is 0 Å². The van der Waals surface area contributed by atoms with Gasteiger partial charge in [-0.3, -0.25) is 0 Å². The number of thiophene rings is 1. The lowest BCUT2D eigenvalue weighted by molar-refractivity contribution is 0.526. The molecular weight excluding hydrogens is 350 g/mol. The third-order valence-corrected chi connectivity index (χ3v) is 5.65. The van der Waals surface area contributed by atoms with Gasteiger partial charge in [0, 0.05) is 22.2 Å². The summed E-state index contributed by atoms with van der Waals surface area (Å²) in [7, 11) is 0. The lowest BCUT2D eigenvalue weighted by Crippen LogP contribution is -2.24. The molecule has 1 nitrogen and oxygen atoms in total. The molecule has 0 aliphatic carbocycles. The standard InChI is InChI=1S/C16H20BrNS2/c1-3-10-18-14(11-12-8-9-16(17)20-12)13-6-4-5-7-15(13)19-2/h4-9,14,18H,3,10-11H2,1-2H3. The molecule has 108 valence electrons. The van der Waals surface area contributed by atoms with Crippen molar-refractivity contribution in [3.05, 3.63) is 50.6 Å². The maximum absolute atomic E-state index is 3.70. The van der Waals surface area contributed by atoms with Crippen molar-refractivity contribution >= 4 is 39.0 Å². The second-order valence-electron chi connectivity index (χ2n) is 4.66. The predicted molar refractivity (Wildman–Crippen MR) is 95.0 cm³/mol. The average Bonchev–Trinajstić information content (AvgIpc) is 2.88. The van der Waals surface area contributed by atoms with Crippen LogP contribution in [-0.2, 0) is 6.42 Å². The van der Waals surface area contributed by atoms with Crippen LogP contribution in [0.15, 0.2) is 45.1 Å². The highest BCUT2D eigenvalue weighted by Gasteiger charge is 2.15. The minimum atomic E-state index is 0.393. The van der Waals surface area contributed by atoms with Crippen molar-refractivity contribution in [2.45, 2.75) is 30.7 Å². The topological polar surface area (TPSA) is 12.0 Å². The van der Waals surface area contributed by atoms with Crippen LogP contribution < -0.4 is 5.32 Å². The number of thioether (sulfide) groups is 1. The second-order valence-corrected chi connectivity index (χ2v) is 8.05. The molecule has 0 aliphatic heterocycles. The van der Waals surface area contributed by atoms with E-state index in [1.54, 1.807) is 0 Å². The third kappa shape index (κ3) is 4.35. The van der Waals surface area contributed by atoms with E-state index in [4.69, 9.17) is 0 Å². The Kier molecular flexibility index (Phi) is 6.62. The minimum Gasteiger partial charge on any atom is -0.310 e. The third-order valence-electron chi connectivity index (χ3n) is 3.19. The van der Waals surface area contributed by atoms with Gasteiger partial charge in [0.25, 0.3) is 0 Å². The van der Waals surface area contributed by atoms with Gasteiger partial charge in [-0.2, -0.15) is 0 Å². The number of nitrogens with one attached hydrogen (secondary N) is 1. The molecule has 0 spiro atoms. The Morgan fingerprint density at radius 3 is 2.70 bits per heavy atom. The fourth-order valence-electron chi connectivity index (χ4n) is 2.23. The first kappa shape index (κ1) is 16.1. The summed E-state index contributed by atoms with van der Waals surface area (Å²) < 4.78 is 1.21. The molecule has 0 radical (unpaired) electrons. The van der Waals surface area contributed by atoms with Crippen molar-refractivity contribution in [2.75, 3.05) is 12.8 Å². The van der Waals surface area contributed by atoms with E-state index in [-0.39, 0.29) is 0 Å². The van der Waals surface area contributed by atoms with Crippen LogP contribution in [0.5, 0.6) is 0 Å². The van der Waals surface area contributed by atoms with Gasteiger partial charge in [-0.05, 0) is 58.9 Å². The van der Waals surface area contributed by atoms with Crippen LogP contribution in [0.3, 0.4) is 0 Å². The largest absolute Gasteiger partial charge is 0.310 e. The van der Waals surface area contributed by atoms with Crippen LogP contribution in [0.2, 0.25) is 0 Å². The lowest BCUT2D eigenvalue weighted by atomic mass is 10.0. The van der Waals surface area contributed by atoms with E-state index in [1.165, 1.54) is 19.1 Å². The van der Waals surface area contributed by atoms with Crippen molar-refractivity contribution in [3.8, 4) is 0 Å². The highest BCUT2D eigenvalue weighted by atomic mass is 79.9. The van der Waals surface area contributed by atoms with Crippen molar-refractivity contribution in [2.24, 2.45) is 0 Å². The Hall–Kier alpha value is -0.290. The van der Waals surface area contributed by atoms with Crippen LogP contribution in [0.4, 0.5) is 0 Å². The van der Waals surface area contributed by atoms with Gasteiger partial charge in [-0.15, -0.1) is 23.1 Å². The summed E-state index contributed by atoms with van der Waals surface area (Å²) >= 11 is 7.21. The normalized spacial score (nSPS) is 12.6. The van der Waals surface area contributed by atoms with E-state index < -0.39 is 0 Å². The Morgan fingerprint density at radius 1 is 1.25 bits per heavy atom. The van der Waals surface area contributed by atoms with E-state index in [2.05, 4.69) is 70.8 Å². The molecule has 0 bridgehead atoms. The molecule has 1 heterocycles. The molecule has 2 rings (SSSR count). The highest BCUT2D eigenvalue weighted by molar-refractivity contribution is 9.11. The van der Waals surface area contributed by atoms with E-state index in [0.29, 0.717) is 6.04 Å². The fourth-order valence-corrected chi connectivity index (χ4v) is 4.42. The monoisotopic (exact) mass is 369 g/mol. The zero-order valence-corrected chi connectivity index (χ0v) is 15.1. The van der Waals surface area contributed by atoms with Gasteiger partial charge < -0.3 is 5.32 Å². The van der Waals surface area contributed by atoms with Gasteiger partial charge in [-0.1, -0.05) is 25.1 Å². The molecule has 1 aromatic carbocycles. The van der Waals surface area contributed by atoms with E-state index in [1.807, 2.05) is 23.1 Å². The van der Waals surface area contributed by atoms with Gasteiger partial charge >= 0.3 is 0 Å². The summed E-state index contributed by atoms with van der Waals surface area (Å²) in [6, 6.07) is 13.5. The van der Waals surface area contributed by atoms with Crippen LogP contribution in [0, 0.1) is 0 Å². The Labute approximate surface area is 138 Å². The quantitative estimate of drug-likeness (QED) is 0.645. The highest BCUT2D eigenvalue weighted by Crippen LogP contribution is 2.31.